The first-order valence-corrected chi connectivity index (χ1v) is 12.8. The maximum Gasteiger partial charge on any atom is 0.156 e. The molecule has 3 heterocycles. The molecule has 0 atom stereocenters. The Labute approximate surface area is 210 Å². The van der Waals surface area contributed by atoms with E-state index in [0.29, 0.717) is 0 Å². The van der Waals surface area contributed by atoms with Crippen molar-refractivity contribution >= 4 is 69.7 Å². The van der Waals surface area contributed by atoms with E-state index in [-0.39, 0.29) is 0 Å². The Balaban J connectivity index is 1.43. The highest BCUT2D eigenvalue weighted by Gasteiger charge is 2.16. The number of pyridine rings is 1. The van der Waals surface area contributed by atoms with Crippen LogP contribution in [-0.4, -0.2) is 16.5 Å². The van der Waals surface area contributed by atoms with Crippen LogP contribution in [0.2, 0.25) is 0 Å². The van der Waals surface area contributed by atoms with Crippen LogP contribution < -0.4 is 4.74 Å². The lowest BCUT2D eigenvalue weighted by Crippen LogP contribution is -1.86. The molecule has 0 radical (unpaired) electrons. The van der Waals surface area contributed by atoms with Gasteiger partial charge in [0.15, 0.2) is 5.65 Å². The Morgan fingerprint density at radius 1 is 0.750 bits per heavy atom. The Morgan fingerprint density at radius 3 is 2.50 bits per heavy atom. The summed E-state index contributed by atoms with van der Waals surface area (Å²) in [6, 6.07) is 34.6. The molecule has 36 heavy (non-hydrogen) atoms. The van der Waals surface area contributed by atoms with E-state index in [2.05, 4.69) is 95.5 Å². The van der Waals surface area contributed by atoms with Gasteiger partial charge in [0.05, 0.1) is 22.8 Å². The van der Waals surface area contributed by atoms with Crippen LogP contribution in [0.15, 0.2) is 103 Å². The second-order valence-corrected chi connectivity index (χ2v) is 10.3. The van der Waals surface area contributed by atoms with E-state index in [1.807, 2.05) is 23.5 Å². The lowest BCUT2D eigenvalue weighted by Gasteiger charge is -2.08. The van der Waals surface area contributed by atoms with Crippen LogP contribution in [0.1, 0.15) is 0 Å². The highest BCUT2D eigenvalue weighted by Crippen LogP contribution is 2.41. The number of thiophene rings is 1. The van der Waals surface area contributed by atoms with Gasteiger partial charge in [0.1, 0.15) is 5.75 Å². The summed E-state index contributed by atoms with van der Waals surface area (Å²) in [5.74, 6) is 0.864. The van der Waals surface area contributed by atoms with Gasteiger partial charge in [-0.2, -0.15) is 0 Å². The highest BCUT2D eigenvalue weighted by molar-refractivity contribution is 7.26. The van der Waals surface area contributed by atoms with E-state index < -0.39 is 0 Å². The molecule has 0 saturated carbocycles. The third-order valence-electron chi connectivity index (χ3n) is 7.30. The van der Waals surface area contributed by atoms with Gasteiger partial charge in [-0.15, -0.1) is 11.3 Å². The molecule has 170 valence electrons. The van der Waals surface area contributed by atoms with Crippen LogP contribution in [0.4, 0.5) is 0 Å². The first-order valence-electron chi connectivity index (χ1n) is 12.0. The van der Waals surface area contributed by atoms with E-state index in [4.69, 9.17) is 9.72 Å². The van der Waals surface area contributed by atoms with Crippen LogP contribution in [0, 0.1) is 0 Å². The van der Waals surface area contributed by atoms with Crippen LogP contribution in [-0.2, 0) is 0 Å². The summed E-state index contributed by atoms with van der Waals surface area (Å²) < 4.78 is 10.1. The number of rotatable bonds is 2. The summed E-state index contributed by atoms with van der Waals surface area (Å²) >= 11 is 1.83. The van der Waals surface area contributed by atoms with Crippen molar-refractivity contribution in [2.24, 2.45) is 0 Å². The molecule has 8 aromatic rings. The Bertz CT molecular complexity index is 2130. The number of nitrogens with zero attached hydrogens (tertiary/aromatic N) is 2. The van der Waals surface area contributed by atoms with Crippen molar-refractivity contribution in [2.45, 2.75) is 0 Å². The van der Waals surface area contributed by atoms with Gasteiger partial charge in [-0.3, -0.25) is 4.40 Å². The number of hydrogen-bond donors (Lipinski definition) is 0. The summed E-state index contributed by atoms with van der Waals surface area (Å²) in [5.41, 5.74) is 5.55. The number of hydrogen-bond acceptors (Lipinski definition) is 3. The fourth-order valence-corrected chi connectivity index (χ4v) is 6.76. The third-order valence-corrected chi connectivity index (χ3v) is 8.47. The first-order chi connectivity index (χ1) is 17.8. The topological polar surface area (TPSA) is 26.5 Å². The second kappa shape index (κ2) is 7.30. The number of imidazole rings is 1. The normalized spacial score (nSPS) is 12.0. The van der Waals surface area contributed by atoms with E-state index in [0.717, 1.165) is 22.4 Å². The molecule has 0 bridgehead atoms. The van der Waals surface area contributed by atoms with Gasteiger partial charge in [0, 0.05) is 21.7 Å². The molecule has 0 aliphatic carbocycles. The molecule has 0 spiro atoms. The number of benzene rings is 5. The van der Waals surface area contributed by atoms with E-state index in [1.165, 1.54) is 52.8 Å². The van der Waals surface area contributed by atoms with Crippen molar-refractivity contribution in [3.05, 3.63) is 103 Å². The SMILES string of the molecule is COc1ccc(-c2cccc3cc4nc5c6sc7ccc8ccccc8c7c6ccn5c4cc23)cc1. The first kappa shape index (κ1) is 19.8. The largest absolute Gasteiger partial charge is 0.497 e. The zero-order chi connectivity index (χ0) is 23.8. The van der Waals surface area contributed by atoms with Gasteiger partial charge in [-0.25, -0.2) is 4.98 Å². The molecule has 0 aliphatic heterocycles. The molecule has 0 aliphatic rings. The maximum absolute atomic E-state index is 5.36. The van der Waals surface area contributed by atoms with Gasteiger partial charge < -0.3 is 4.74 Å². The minimum Gasteiger partial charge on any atom is -0.497 e. The predicted molar refractivity (Wildman–Crippen MR) is 153 cm³/mol. The number of fused-ring (bicyclic) bond motifs is 10. The molecule has 3 nitrogen and oxygen atoms in total. The van der Waals surface area contributed by atoms with Gasteiger partial charge in [0.25, 0.3) is 0 Å². The fourth-order valence-electron chi connectivity index (χ4n) is 5.57. The Kier molecular flexibility index (Phi) is 4.02. The molecule has 0 saturated heterocycles. The molecule has 0 N–H and O–H groups in total. The van der Waals surface area contributed by atoms with Crippen LogP contribution in [0.25, 0.3) is 69.5 Å². The van der Waals surface area contributed by atoms with Crippen LogP contribution in [0.3, 0.4) is 0 Å². The van der Waals surface area contributed by atoms with Crippen molar-refractivity contribution in [3.63, 3.8) is 0 Å². The molecule has 0 unspecified atom stereocenters. The summed E-state index contributed by atoms with van der Waals surface area (Å²) in [6.07, 6.45) is 2.18. The molecule has 5 aromatic carbocycles. The molecular formula is C32H20N2OS. The molecular weight excluding hydrogens is 460 g/mol. The zero-order valence-electron chi connectivity index (χ0n) is 19.5. The average Bonchev–Trinajstić information content (AvgIpc) is 3.50. The van der Waals surface area contributed by atoms with Crippen molar-refractivity contribution in [1.29, 1.82) is 0 Å². The summed E-state index contributed by atoms with van der Waals surface area (Å²) in [7, 11) is 1.70. The van der Waals surface area contributed by atoms with Gasteiger partial charge in [-0.05, 0) is 69.1 Å². The predicted octanol–water partition coefficient (Wildman–Crippen LogP) is 8.84. The fraction of sp³-hybridized carbons (Fsp3) is 0.0312. The lowest BCUT2D eigenvalue weighted by molar-refractivity contribution is 0.415. The minimum atomic E-state index is 0.864. The number of ether oxygens (including phenoxy) is 1. The maximum atomic E-state index is 5.36. The number of methoxy groups -OCH3 is 1. The average molecular weight is 481 g/mol. The Hall–Kier alpha value is -4.41. The Morgan fingerprint density at radius 2 is 1.61 bits per heavy atom. The smallest absolute Gasteiger partial charge is 0.156 e. The number of aromatic nitrogens is 2. The van der Waals surface area contributed by atoms with Crippen molar-refractivity contribution in [3.8, 4) is 16.9 Å². The van der Waals surface area contributed by atoms with E-state index >= 15 is 0 Å². The van der Waals surface area contributed by atoms with Crippen molar-refractivity contribution in [2.75, 3.05) is 7.11 Å². The van der Waals surface area contributed by atoms with Gasteiger partial charge in [-0.1, -0.05) is 60.7 Å². The molecule has 8 rings (SSSR count). The minimum absolute atomic E-state index is 0.864. The van der Waals surface area contributed by atoms with E-state index in [1.54, 1.807) is 7.11 Å². The molecule has 0 fully saturated rings. The van der Waals surface area contributed by atoms with Crippen LogP contribution in [0.5, 0.6) is 5.75 Å². The van der Waals surface area contributed by atoms with E-state index in [9.17, 15) is 0 Å². The second-order valence-electron chi connectivity index (χ2n) is 9.22. The molecule has 0 amide bonds. The summed E-state index contributed by atoms with van der Waals surface area (Å²) in [4.78, 5) is 5.15. The summed E-state index contributed by atoms with van der Waals surface area (Å²) in [6.45, 7) is 0. The quantitative estimate of drug-likeness (QED) is 0.247. The lowest BCUT2D eigenvalue weighted by atomic mass is 9.98. The van der Waals surface area contributed by atoms with Crippen LogP contribution >= 0.6 is 11.3 Å². The monoisotopic (exact) mass is 480 g/mol. The highest BCUT2D eigenvalue weighted by atomic mass is 32.1. The third kappa shape index (κ3) is 2.70. The molecule has 3 aromatic heterocycles. The summed E-state index contributed by atoms with van der Waals surface area (Å²) in [5, 5.41) is 7.59. The van der Waals surface area contributed by atoms with Gasteiger partial charge >= 0.3 is 0 Å². The zero-order valence-corrected chi connectivity index (χ0v) is 20.3. The van der Waals surface area contributed by atoms with Crippen molar-refractivity contribution < 1.29 is 4.74 Å². The van der Waals surface area contributed by atoms with Gasteiger partial charge in [0.2, 0.25) is 0 Å². The standard InChI is InChI=1S/C32H20N2OS/c1-35-22-12-9-20(10-13-22)23-8-4-6-21-17-27-28(18-26(21)23)34-16-15-25-30-24-7-3-2-5-19(24)11-14-29(30)36-31(25)32(34)33-27/h2-18H,1H3. The molecule has 4 heteroatoms. The van der Waals surface area contributed by atoms with Crippen molar-refractivity contribution in [1.82, 2.24) is 9.38 Å².